The molecule has 0 saturated carbocycles. The zero-order valence-electron chi connectivity index (χ0n) is 29.5. The number of hydroxylamine groups is 1. The number of aromatic hydroxyl groups is 1. The number of halogens is 2. The highest BCUT2D eigenvalue weighted by molar-refractivity contribution is 9.11. The van der Waals surface area contributed by atoms with Gasteiger partial charge in [-0.3, -0.25) is 19.3 Å². The Hall–Kier alpha value is -3.40. The molecule has 6 rings (SSSR count). The molecule has 0 bridgehead atoms. The highest BCUT2D eigenvalue weighted by Crippen LogP contribution is 2.35. The Morgan fingerprint density at radius 3 is 2.17 bits per heavy atom. The third kappa shape index (κ3) is 9.39. The maximum Gasteiger partial charge on any atom is 0.410 e. The molecule has 3 fully saturated rings. The molecule has 0 radical (unpaired) electrons. The van der Waals surface area contributed by atoms with Gasteiger partial charge in [0.2, 0.25) is 0 Å². The van der Waals surface area contributed by atoms with Gasteiger partial charge < -0.3 is 29.9 Å². The number of carbonyl (C=O) groups excluding carboxylic acids is 4. The van der Waals surface area contributed by atoms with Crippen molar-refractivity contribution in [3.63, 3.8) is 0 Å². The minimum Gasteiger partial charge on any atom is -0.506 e. The fourth-order valence-corrected chi connectivity index (χ4v) is 9.43. The number of likely N-dealkylation sites (tertiary alicyclic amines) is 3. The quantitative estimate of drug-likeness (QED) is 0.295. The van der Waals surface area contributed by atoms with Crippen LogP contribution in [0.25, 0.3) is 0 Å². The molecular weight excluding hydrogens is 800 g/mol. The van der Waals surface area contributed by atoms with Gasteiger partial charge in [0, 0.05) is 50.9 Å². The van der Waals surface area contributed by atoms with Crippen molar-refractivity contribution in [2.75, 3.05) is 64.8 Å². The summed E-state index contributed by atoms with van der Waals surface area (Å²) in [7, 11) is 1.43. The predicted octanol–water partition coefficient (Wildman–Crippen LogP) is 5.15. The average molecular weight is 849 g/mol. The number of carbonyl (C=O) groups is 4. The first-order chi connectivity index (χ1) is 25.1. The third-order valence-corrected chi connectivity index (χ3v) is 12.3. The van der Waals surface area contributed by atoms with E-state index in [0.29, 0.717) is 72.9 Å². The first-order valence-electron chi connectivity index (χ1n) is 18.2. The van der Waals surface area contributed by atoms with Crippen LogP contribution in [0.15, 0.2) is 45.3 Å². The van der Waals surface area contributed by atoms with Crippen LogP contribution in [0.1, 0.15) is 49.7 Å². The summed E-state index contributed by atoms with van der Waals surface area (Å²) in [6.07, 6.45) is 4.33. The third-order valence-electron chi connectivity index (χ3n) is 11.1. The van der Waals surface area contributed by atoms with Gasteiger partial charge in [-0.2, -0.15) is 0 Å². The van der Waals surface area contributed by atoms with Crippen molar-refractivity contribution in [2.24, 2.45) is 11.8 Å². The number of rotatable bonds is 9. The Balaban J connectivity index is 1.05. The molecule has 4 aliphatic rings. The molecule has 3 saturated heterocycles. The molecule has 52 heavy (non-hydrogen) atoms. The maximum atomic E-state index is 14.1. The molecule has 0 spiro atoms. The van der Waals surface area contributed by atoms with Crippen molar-refractivity contribution in [3.05, 3.63) is 56.5 Å². The Morgan fingerprint density at radius 1 is 0.904 bits per heavy atom. The number of anilines is 1. The molecule has 0 aliphatic carbocycles. The topological polar surface area (TPSA) is 144 Å². The van der Waals surface area contributed by atoms with Crippen LogP contribution in [0, 0.1) is 11.8 Å². The van der Waals surface area contributed by atoms with Gasteiger partial charge in [0.25, 0.3) is 11.8 Å². The molecule has 282 valence electrons. The number of para-hydroxylation sites is 1. The number of nitrogens with zero attached hydrogens (tertiary/aromatic N) is 4. The molecule has 0 unspecified atom stereocenters. The number of hydrogen-bond donors (Lipinski definition) is 3. The first-order valence-corrected chi connectivity index (χ1v) is 19.8. The van der Waals surface area contributed by atoms with Crippen molar-refractivity contribution in [2.45, 2.75) is 63.5 Å². The summed E-state index contributed by atoms with van der Waals surface area (Å²) in [6.45, 7) is 4.65. The number of amides is 5. The summed E-state index contributed by atoms with van der Waals surface area (Å²) in [5.41, 5.74) is 5.07. The summed E-state index contributed by atoms with van der Waals surface area (Å²) in [4.78, 5) is 65.0. The fraction of sp³-hybridized carbons (Fsp3) is 0.568. The lowest BCUT2D eigenvalue weighted by atomic mass is 9.78. The van der Waals surface area contributed by atoms with E-state index in [1.807, 2.05) is 34.1 Å². The average Bonchev–Trinajstić information content (AvgIpc) is 3.31. The molecule has 2 aromatic rings. The number of phenols is 1. The number of urea groups is 1. The van der Waals surface area contributed by atoms with E-state index in [4.69, 9.17) is 9.57 Å². The monoisotopic (exact) mass is 846 g/mol. The van der Waals surface area contributed by atoms with E-state index >= 15 is 0 Å². The van der Waals surface area contributed by atoms with Gasteiger partial charge >= 0.3 is 12.1 Å². The molecule has 2 aromatic carbocycles. The van der Waals surface area contributed by atoms with Gasteiger partial charge in [-0.05, 0) is 131 Å². The van der Waals surface area contributed by atoms with E-state index in [1.54, 1.807) is 17.0 Å². The lowest BCUT2D eigenvalue weighted by Crippen LogP contribution is -2.52. The van der Waals surface area contributed by atoms with E-state index in [0.717, 1.165) is 62.0 Å². The van der Waals surface area contributed by atoms with E-state index in [1.165, 1.54) is 7.11 Å². The number of phenolic OH excluding ortho intramolecular Hbond substituents is 1. The lowest BCUT2D eigenvalue weighted by molar-refractivity contribution is -0.142. The minimum atomic E-state index is -1.04. The van der Waals surface area contributed by atoms with Gasteiger partial charge in [-0.15, -0.1) is 0 Å². The van der Waals surface area contributed by atoms with Crippen LogP contribution in [-0.4, -0.2) is 120 Å². The number of nitrogens with one attached hydrogen (secondary N) is 2. The molecule has 0 aromatic heterocycles. The molecule has 13 nitrogen and oxygen atoms in total. The van der Waals surface area contributed by atoms with Gasteiger partial charge in [0.05, 0.1) is 22.6 Å². The van der Waals surface area contributed by atoms with E-state index in [-0.39, 0.29) is 36.1 Å². The second-order valence-corrected chi connectivity index (χ2v) is 15.9. The van der Waals surface area contributed by atoms with Crippen LogP contribution in [-0.2, 0) is 32.0 Å². The zero-order chi connectivity index (χ0) is 36.8. The van der Waals surface area contributed by atoms with Crippen molar-refractivity contribution >= 4 is 61.5 Å². The standard InChI is InChI=1S/C37H48Br2N6O7/c1-51-41-33(46)23-42-13-6-25(7-14-42)26-8-15-43(16-9-26)35(48)32(22-24-20-29(38)34(47)30(39)21-24)52-37(50)44-17-11-28(12-18-44)45-19-10-27-4-2-3-5-31(27)40-36(45)49/h2-5,20-21,25-26,28,32,47H,6-19,22-23H2,1H3,(H,40,49)(H,41,46)/t32-/m1/s1. The number of benzene rings is 2. The van der Waals surface area contributed by atoms with Crippen LogP contribution < -0.4 is 10.8 Å². The molecule has 15 heteroatoms. The SMILES string of the molecule is CONC(=O)CN1CCC(C2CCN(C(=O)[C@@H](Cc3cc(Br)c(O)c(Br)c3)OC(=O)N3CCC(N4CCc5ccccc5NC4=O)CC3)CC2)CC1. The van der Waals surface area contributed by atoms with Crippen LogP contribution in [0.5, 0.6) is 5.75 Å². The highest BCUT2D eigenvalue weighted by atomic mass is 79.9. The van der Waals surface area contributed by atoms with Crippen molar-refractivity contribution in [1.82, 2.24) is 25.1 Å². The Kier molecular flexibility index (Phi) is 13.0. The number of piperidine rings is 3. The van der Waals surface area contributed by atoms with E-state index < -0.39 is 12.2 Å². The smallest absolute Gasteiger partial charge is 0.410 e. The molecular formula is C37H48Br2N6O7. The molecule has 4 heterocycles. The number of hydrogen-bond acceptors (Lipinski definition) is 8. The summed E-state index contributed by atoms with van der Waals surface area (Å²) >= 11 is 6.77. The highest BCUT2D eigenvalue weighted by Gasteiger charge is 2.37. The molecule has 3 N–H and O–H groups in total. The van der Waals surface area contributed by atoms with Crippen LogP contribution in [0.2, 0.25) is 0 Å². The predicted molar refractivity (Wildman–Crippen MR) is 202 cm³/mol. The summed E-state index contributed by atoms with van der Waals surface area (Å²) in [5.74, 6) is 0.720. The Labute approximate surface area is 321 Å². The molecule has 4 aliphatic heterocycles. The molecule has 1 atom stereocenters. The number of ether oxygens (including phenoxy) is 1. The van der Waals surface area contributed by atoms with Crippen molar-refractivity contribution in [1.29, 1.82) is 0 Å². The minimum absolute atomic E-state index is 0.00817. The van der Waals surface area contributed by atoms with Crippen LogP contribution >= 0.6 is 31.9 Å². The summed E-state index contributed by atoms with van der Waals surface area (Å²) < 4.78 is 7.00. The van der Waals surface area contributed by atoms with Gasteiger partial charge in [0.15, 0.2) is 6.10 Å². The van der Waals surface area contributed by atoms with Crippen LogP contribution in [0.4, 0.5) is 15.3 Å². The maximum absolute atomic E-state index is 14.1. The fourth-order valence-electron chi connectivity index (χ4n) is 8.15. The summed E-state index contributed by atoms with van der Waals surface area (Å²) in [5, 5.41) is 13.3. The number of fused-ring (bicyclic) bond motifs is 1. The summed E-state index contributed by atoms with van der Waals surface area (Å²) in [6, 6.07) is 11.2. The second kappa shape index (κ2) is 17.6. The zero-order valence-corrected chi connectivity index (χ0v) is 32.7. The normalized spacial score (nSPS) is 20.1. The van der Waals surface area contributed by atoms with E-state index in [9.17, 15) is 24.3 Å². The largest absolute Gasteiger partial charge is 0.506 e. The van der Waals surface area contributed by atoms with Crippen LogP contribution in [0.3, 0.4) is 0 Å². The molecule has 5 amide bonds. The second-order valence-electron chi connectivity index (χ2n) is 14.2. The lowest BCUT2D eigenvalue weighted by Gasteiger charge is -2.41. The van der Waals surface area contributed by atoms with Crippen molar-refractivity contribution < 1.29 is 33.9 Å². The first kappa shape index (κ1) is 38.3. The Morgan fingerprint density at radius 2 is 1.52 bits per heavy atom. The van der Waals surface area contributed by atoms with E-state index in [2.05, 4.69) is 47.6 Å². The van der Waals surface area contributed by atoms with Gasteiger partial charge in [0.1, 0.15) is 5.75 Å². The Bertz CT molecular complexity index is 1580. The van der Waals surface area contributed by atoms with Crippen molar-refractivity contribution in [3.8, 4) is 5.75 Å². The van der Waals surface area contributed by atoms with Gasteiger partial charge in [-0.1, -0.05) is 18.2 Å². The van der Waals surface area contributed by atoms with Gasteiger partial charge in [-0.25, -0.2) is 15.1 Å².